The molecule has 1 aromatic heterocycles. The SMILES string of the molecule is COc1ccc(OC)c(NC(=O)C=Cc2cc3cc(Cl)cc(OC)c3o2)c1. The quantitative estimate of drug-likeness (QED) is 0.617. The number of anilines is 1. The summed E-state index contributed by atoms with van der Waals surface area (Å²) in [5.41, 5.74) is 1.07. The average Bonchev–Trinajstić information content (AvgIpc) is 3.08. The number of halogens is 1. The highest BCUT2D eigenvalue weighted by Gasteiger charge is 2.10. The standard InChI is InChI=1S/C20H18ClNO5/c1-24-14-4-6-17(25-2)16(11-14)22-19(23)7-5-15-9-12-8-13(21)10-18(26-3)20(12)27-15/h4-11H,1-3H3,(H,22,23). The minimum Gasteiger partial charge on any atom is -0.497 e. The van der Waals surface area contributed by atoms with Gasteiger partial charge in [0.25, 0.3) is 0 Å². The Morgan fingerprint density at radius 2 is 1.81 bits per heavy atom. The van der Waals surface area contributed by atoms with Gasteiger partial charge < -0.3 is 23.9 Å². The van der Waals surface area contributed by atoms with Gasteiger partial charge in [-0.3, -0.25) is 4.79 Å². The molecule has 0 radical (unpaired) electrons. The summed E-state index contributed by atoms with van der Waals surface area (Å²) in [4.78, 5) is 12.3. The molecule has 0 saturated carbocycles. The van der Waals surface area contributed by atoms with Crippen LogP contribution in [0.2, 0.25) is 5.02 Å². The monoisotopic (exact) mass is 387 g/mol. The van der Waals surface area contributed by atoms with Crippen LogP contribution < -0.4 is 19.5 Å². The van der Waals surface area contributed by atoms with Crippen LogP contribution in [0.5, 0.6) is 17.2 Å². The summed E-state index contributed by atoms with van der Waals surface area (Å²) in [6, 6.07) is 10.4. The maximum atomic E-state index is 12.3. The normalized spacial score (nSPS) is 11.0. The molecular weight excluding hydrogens is 370 g/mol. The molecular formula is C20H18ClNO5. The van der Waals surface area contributed by atoms with Gasteiger partial charge in [0, 0.05) is 28.6 Å². The number of carbonyl (C=O) groups excluding carboxylic acids is 1. The minimum atomic E-state index is -0.341. The molecule has 0 fully saturated rings. The molecule has 0 spiro atoms. The third-order valence-electron chi connectivity index (χ3n) is 3.85. The van der Waals surface area contributed by atoms with E-state index in [0.717, 1.165) is 5.39 Å². The Labute approximate surface area is 161 Å². The van der Waals surface area contributed by atoms with E-state index in [1.54, 1.807) is 49.6 Å². The molecule has 0 aliphatic carbocycles. The molecule has 0 saturated heterocycles. The highest BCUT2D eigenvalue weighted by atomic mass is 35.5. The van der Waals surface area contributed by atoms with E-state index in [-0.39, 0.29) is 5.91 Å². The van der Waals surface area contributed by atoms with Gasteiger partial charge in [0.05, 0.1) is 27.0 Å². The average molecular weight is 388 g/mol. The van der Waals surface area contributed by atoms with E-state index in [0.29, 0.717) is 39.3 Å². The molecule has 7 heteroatoms. The van der Waals surface area contributed by atoms with Gasteiger partial charge in [-0.15, -0.1) is 0 Å². The topological polar surface area (TPSA) is 69.9 Å². The predicted octanol–water partition coefficient (Wildman–Crippen LogP) is 4.76. The summed E-state index contributed by atoms with van der Waals surface area (Å²) in [5.74, 6) is 1.82. The first-order valence-corrected chi connectivity index (χ1v) is 8.40. The number of fused-ring (bicyclic) bond motifs is 1. The zero-order chi connectivity index (χ0) is 19.4. The number of hydrogen-bond donors (Lipinski definition) is 1. The van der Waals surface area contributed by atoms with E-state index in [9.17, 15) is 4.79 Å². The number of carbonyl (C=O) groups is 1. The van der Waals surface area contributed by atoms with Crippen LogP contribution in [0.1, 0.15) is 5.76 Å². The molecule has 0 aliphatic heterocycles. The van der Waals surface area contributed by atoms with Crippen LogP contribution in [0.3, 0.4) is 0 Å². The van der Waals surface area contributed by atoms with Crippen molar-refractivity contribution in [2.45, 2.75) is 0 Å². The Morgan fingerprint density at radius 1 is 1.04 bits per heavy atom. The zero-order valence-electron chi connectivity index (χ0n) is 15.0. The molecule has 27 heavy (non-hydrogen) atoms. The second kappa shape index (κ2) is 8.05. The first kappa shape index (κ1) is 18.7. The maximum Gasteiger partial charge on any atom is 0.248 e. The third-order valence-corrected chi connectivity index (χ3v) is 4.07. The Hall–Kier alpha value is -3.12. The summed E-state index contributed by atoms with van der Waals surface area (Å²) in [6.45, 7) is 0. The lowest BCUT2D eigenvalue weighted by Gasteiger charge is -2.10. The maximum absolute atomic E-state index is 12.3. The smallest absolute Gasteiger partial charge is 0.248 e. The number of hydrogen-bond acceptors (Lipinski definition) is 5. The highest BCUT2D eigenvalue weighted by molar-refractivity contribution is 6.31. The summed E-state index contributed by atoms with van der Waals surface area (Å²) >= 11 is 6.06. The van der Waals surface area contributed by atoms with Crippen molar-refractivity contribution in [3.63, 3.8) is 0 Å². The van der Waals surface area contributed by atoms with Crippen LogP contribution in [0.4, 0.5) is 5.69 Å². The fourth-order valence-corrected chi connectivity index (χ4v) is 2.80. The molecule has 0 bridgehead atoms. The highest BCUT2D eigenvalue weighted by Crippen LogP contribution is 2.33. The van der Waals surface area contributed by atoms with E-state index < -0.39 is 0 Å². The summed E-state index contributed by atoms with van der Waals surface area (Å²) < 4.78 is 21.4. The Balaban J connectivity index is 1.80. The molecule has 140 valence electrons. The van der Waals surface area contributed by atoms with Gasteiger partial charge >= 0.3 is 0 Å². The number of furan rings is 1. The van der Waals surface area contributed by atoms with Crippen LogP contribution in [-0.2, 0) is 4.79 Å². The Bertz CT molecular complexity index is 1010. The van der Waals surface area contributed by atoms with Gasteiger partial charge in [-0.25, -0.2) is 0 Å². The number of ether oxygens (including phenoxy) is 3. The number of rotatable bonds is 6. The number of amides is 1. The molecule has 1 N–H and O–H groups in total. The van der Waals surface area contributed by atoms with Crippen molar-refractivity contribution < 1.29 is 23.4 Å². The second-order valence-corrected chi connectivity index (χ2v) is 6.00. The van der Waals surface area contributed by atoms with Crippen LogP contribution >= 0.6 is 11.6 Å². The molecule has 3 rings (SSSR count). The molecule has 1 heterocycles. The summed E-state index contributed by atoms with van der Waals surface area (Å²) in [7, 11) is 4.62. The van der Waals surface area contributed by atoms with Crippen LogP contribution in [-0.4, -0.2) is 27.2 Å². The number of methoxy groups -OCH3 is 3. The lowest BCUT2D eigenvalue weighted by atomic mass is 10.2. The van der Waals surface area contributed by atoms with Crippen LogP contribution in [0.15, 0.2) is 46.9 Å². The minimum absolute atomic E-state index is 0.341. The van der Waals surface area contributed by atoms with Gasteiger partial charge in [0.15, 0.2) is 11.3 Å². The summed E-state index contributed by atoms with van der Waals surface area (Å²) in [6.07, 6.45) is 2.93. The fraction of sp³-hybridized carbons (Fsp3) is 0.150. The van der Waals surface area contributed by atoms with Crippen molar-refractivity contribution in [1.29, 1.82) is 0 Å². The largest absolute Gasteiger partial charge is 0.497 e. The van der Waals surface area contributed by atoms with Crippen molar-refractivity contribution in [3.05, 3.63) is 53.3 Å². The van der Waals surface area contributed by atoms with Crippen molar-refractivity contribution in [2.75, 3.05) is 26.6 Å². The van der Waals surface area contributed by atoms with Crippen molar-refractivity contribution >= 4 is 40.2 Å². The summed E-state index contributed by atoms with van der Waals surface area (Å²) in [5, 5.41) is 4.08. The molecule has 0 atom stereocenters. The van der Waals surface area contributed by atoms with Gasteiger partial charge in [-0.2, -0.15) is 0 Å². The fourth-order valence-electron chi connectivity index (χ4n) is 2.58. The van der Waals surface area contributed by atoms with Crippen LogP contribution in [0, 0.1) is 0 Å². The van der Waals surface area contributed by atoms with E-state index in [1.165, 1.54) is 20.3 Å². The lowest BCUT2D eigenvalue weighted by molar-refractivity contribution is -0.111. The van der Waals surface area contributed by atoms with Gasteiger partial charge in [-0.1, -0.05) is 11.6 Å². The zero-order valence-corrected chi connectivity index (χ0v) is 15.8. The number of benzene rings is 2. The first-order chi connectivity index (χ1) is 13.0. The molecule has 3 aromatic rings. The van der Waals surface area contributed by atoms with Crippen molar-refractivity contribution in [1.82, 2.24) is 0 Å². The van der Waals surface area contributed by atoms with E-state index in [4.69, 9.17) is 30.2 Å². The van der Waals surface area contributed by atoms with Crippen LogP contribution in [0.25, 0.3) is 17.0 Å². The van der Waals surface area contributed by atoms with E-state index in [1.807, 2.05) is 0 Å². The first-order valence-electron chi connectivity index (χ1n) is 8.02. The second-order valence-electron chi connectivity index (χ2n) is 5.56. The van der Waals surface area contributed by atoms with Crippen molar-refractivity contribution in [2.24, 2.45) is 0 Å². The van der Waals surface area contributed by atoms with Gasteiger partial charge in [0.1, 0.15) is 17.3 Å². The lowest BCUT2D eigenvalue weighted by Crippen LogP contribution is -2.09. The van der Waals surface area contributed by atoms with E-state index in [2.05, 4.69) is 5.32 Å². The molecule has 1 amide bonds. The molecule has 0 unspecified atom stereocenters. The molecule has 6 nitrogen and oxygen atoms in total. The van der Waals surface area contributed by atoms with E-state index >= 15 is 0 Å². The van der Waals surface area contributed by atoms with Gasteiger partial charge in [-0.05, 0) is 30.3 Å². The third kappa shape index (κ3) is 4.17. The number of nitrogens with one attached hydrogen (secondary N) is 1. The Kier molecular flexibility index (Phi) is 5.57. The van der Waals surface area contributed by atoms with Crippen molar-refractivity contribution in [3.8, 4) is 17.2 Å². The molecule has 0 aliphatic rings. The van der Waals surface area contributed by atoms with Gasteiger partial charge in [0.2, 0.25) is 5.91 Å². The Morgan fingerprint density at radius 3 is 2.52 bits per heavy atom. The molecule has 2 aromatic carbocycles. The predicted molar refractivity (Wildman–Crippen MR) is 105 cm³/mol.